The van der Waals surface area contributed by atoms with Gasteiger partial charge in [-0.2, -0.15) is 0 Å². The molecule has 3 heteroatoms. The molecule has 2 heterocycles. The number of aryl methyl sites for hydroxylation is 3. The van der Waals surface area contributed by atoms with Crippen LogP contribution in [0.1, 0.15) is 51.6 Å². The van der Waals surface area contributed by atoms with Crippen LogP contribution in [0.3, 0.4) is 0 Å². The SMILES string of the molecule is CCNC(c1cc2c(s1)CCCC2)c1ccsc1C. The van der Waals surface area contributed by atoms with E-state index in [-0.39, 0.29) is 0 Å². The molecule has 0 saturated heterocycles. The Hall–Kier alpha value is -0.640. The summed E-state index contributed by atoms with van der Waals surface area (Å²) >= 11 is 3.89. The van der Waals surface area contributed by atoms with Gasteiger partial charge in [-0.3, -0.25) is 0 Å². The van der Waals surface area contributed by atoms with E-state index in [0.29, 0.717) is 6.04 Å². The van der Waals surface area contributed by atoms with Gasteiger partial charge >= 0.3 is 0 Å². The maximum Gasteiger partial charge on any atom is 0.0681 e. The molecule has 1 nitrogen and oxygen atoms in total. The molecule has 1 aliphatic carbocycles. The molecule has 0 fully saturated rings. The monoisotopic (exact) mass is 291 g/mol. The fourth-order valence-corrected chi connectivity index (χ4v) is 5.01. The Labute approximate surface area is 123 Å². The van der Waals surface area contributed by atoms with Gasteiger partial charge in [0.25, 0.3) is 0 Å². The molecule has 0 aliphatic heterocycles. The molecule has 1 atom stereocenters. The van der Waals surface area contributed by atoms with Gasteiger partial charge < -0.3 is 5.32 Å². The third-order valence-corrected chi connectivity index (χ3v) is 6.08. The topological polar surface area (TPSA) is 12.0 Å². The van der Waals surface area contributed by atoms with Crippen LogP contribution in [0.2, 0.25) is 0 Å². The average molecular weight is 291 g/mol. The molecule has 3 rings (SSSR count). The first-order valence-corrected chi connectivity index (χ1v) is 8.88. The first kappa shape index (κ1) is 13.3. The highest BCUT2D eigenvalue weighted by molar-refractivity contribution is 7.12. The summed E-state index contributed by atoms with van der Waals surface area (Å²) in [7, 11) is 0. The first-order valence-electron chi connectivity index (χ1n) is 7.18. The van der Waals surface area contributed by atoms with Crippen molar-refractivity contribution in [3.05, 3.63) is 43.3 Å². The van der Waals surface area contributed by atoms with Crippen molar-refractivity contribution in [1.82, 2.24) is 5.32 Å². The maximum atomic E-state index is 3.67. The summed E-state index contributed by atoms with van der Waals surface area (Å²) in [5, 5.41) is 5.88. The molecule has 19 heavy (non-hydrogen) atoms. The third-order valence-electron chi connectivity index (χ3n) is 3.92. The number of rotatable bonds is 4. The zero-order valence-electron chi connectivity index (χ0n) is 11.7. The van der Waals surface area contributed by atoms with Gasteiger partial charge in [0.1, 0.15) is 0 Å². The second-order valence-corrected chi connectivity index (χ2v) is 7.52. The Kier molecular flexibility index (Phi) is 4.06. The second kappa shape index (κ2) is 5.78. The largest absolute Gasteiger partial charge is 0.306 e. The molecule has 0 radical (unpaired) electrons. The summed E-state index contributed by atoms with van der Waals surface area (Å²) in [5.74, 6) is 0. The number of hydrogen-bond donors (Lipinski definition) is 1. The average Bonchev–Trinajstić information content (AvgIpc) is 3.02. The minimum absolute atomic E-state index is 0.395. The van der Waals surface area contributed by atoms with Gasteiger partial charge in [-0.25, -0.2) is 0 Å². The molecule has 0 saturated carbocycles. The van der Waals surface area contributed by atoms with Crippen LogP contribution in [0, 0.1) is 6.92 Å². The van der Waals surface area contributed by atoms with Crippen LogP contribution < -0.4 is 5.32 Å². The minimum atomic E-state index is 0.395. The van der Waals surface area contributed by atoms with E-state index >= 15 is 0 Å². The van der Waals surface area contributed by atoms with Crippen molar-refractivity contribution in [2.24, 2.45) is 0 Å². The smallest absolute Gasteiger partial charge is 0.0681 e. The Morgan fingerprint density at radius 3 is 2.84 bits per heavy atom. The lowest BCUT2D eigenvalue weighted by Crippen LogP contribution is -2.21. The molecular formula is C16H21NS2. The van der Waals surface area contributed by atoms with E-state index in [2.05, 4.69) is 36.7 Å². The van der Waals surface area contributed by atoms with Crippen LogP contribution >= 0.6 is 22.7 Å². The Morgan fingerprint density at radius 1 is 1.32 bits per heavy atom. The van der Waals surface area contributed by atoms with Crippen LogP contribution in [0.25, 0.3) is 0 Å². The van der Waals surface area contributed by atoms with Crippen LogP contribution in [0.4, 0.5) is 0 Å². The number of thiophene rings is 2. The molecule has 1 unspecified atom stereocenters. The normalized spacial score (nSPS) is 16.3. The third kappa shape index (κ3) is 2.64. The molecule has 1 N–H and O–H groups in total. The fraction of sp³-hybridized carbons (Fsp3) is 0.500. The lowest BCUT2D eigenvalue weighted by Gasteiger charge is -2.16. The number of fused-ring (bicyclic) bond motifs is 1. The van der Waals surface area contributed by atoms with Gasteiger partial charge in [0.05, 0.1) is 6.04 Å². The van der Waals surface area contributed by atoms with E-state index in [0.717, 1.165) is 6.54 Å². The molecule has 2 aromatic heterocycles. The predicted molar refractivity (Wildman–Crippen MR) is 85.5 cm³/mol. The number of hydrogen-bond acceptors (Lipinski definition) is 3. The zero-order valence-corrected chi connectivity index (χ0v) is 13.3. The quantitative estimate of drug-likeness (QED) is 0.861. The van der Waals surface area contributed by atoms with E-state index in [9.17, 15) is 0 Å². The summed E-state index contributed by atoms with van der Waals surface area (Å²) in [6.45, 7) is 5.45. The van der Waals surface area contributed by atoms with Crippen LogP contribution in [0.5, 0.6) is 0 Å². The predicted octanol–water partition coefficient (Wildman–Crippen LogP) is 4.70. The Morgan fingerprint density at radius 2 is 2.16 bits per heavy atom. The van der Waals surface area contributed by atoms with Gasteiger partial charge in [0, 0.05) is 14.6 Å². The summed E-state index contributed by atoms with van der Waals surface area (Å²) in [6.07, 6.45) is 5.32. The van der Waals surface area contributed by atoms with Crippen molar-refractivity contribution >= 4 is 22.7 Å². The fourth-order valence-electron chi connectivity index (χ4n) is 2.92. The first-order chi connectivity index (χ1) is 9.29. The van der Waals surface area contributed by atoms with Crippen molar-refractivity contribution < 1.29 is 0 Å². The Balaban J connectivity index is 1.96. The van der Waals surface area contributed by atoms with E-state index in [4.69, 9.17) is 0 Å². The molecule has 102 valence electrons. The van der Waals surface area contributed by atoms with E-state index in [1.807, 2.05) is 22.7 Å². The van der Waals surface area contributed by atoms with Crippen molar-refractivity contribution in [3.63, 3.8) is 0 Å². The van der Waals surface area contributed by atoms with Crippen LogP contribution in [-0.4, -0.2) is 6.54 Å². The van der Waals surface area contributed by atoms with Gasteiger partial charge in [0.15, 0.2) is 0 Å². The maximum absolute atomic E-state index is 3.67. The zero-order chi connectivity index (χ0) is 13.2. The van der Waals surface area contributed by atoms with Crippen molar-refractivity contribution in [3.8, 4) is 0 Å². The summed E-state index contributed by atoms with van der Waals surface area (Å²) in [4.78, 5) is 4.59. The minimum Gasteiger partial charge on any atom is -0.306 e. The molecule has 0 spiro atoms. The van der Waals surface area contributed by atoms with Crippen LogP contribution in [0.15, 0.2) is 17.5 Å². The van der Waals surface area contributed by atoms with E-state index in [1.165, 1.54) is 41.0 Å². The summed E-state index contributed by atoms with van der Waals surface area (Å²) < 4.78 is 0. The van der Waals surface area contributed by atoms with Crippen LogP contribution in [-0.2, 0) is 12.8 Å². The Bertz CT molecular complexity index is 529. The molecule has 0 amide bonds. The molecule has 1 aliphatic rings. The lowest BCUT2D eigenvalue weighted by atomic mass is 9.98. The standard InChI is InChI=1S/C16H21NS2/c1-3-17-16(13-8-9-18-11(13)2)15-10-12-6-4-5-7-14(12)19-15/h8-10,16-17H,3-7H2,1-2H3. The van der Waals surface area contributed by atoms with Gasteiger partial charge in [-0.05, 0) is 67.8 Å². The highest BCUT2D eigenvalue weighted by Gasteiger charge is 2.21. The van der Waals surface area contributed by atoms with Gasteiger partial charge in [-0.1, -0.05) is 6.92 Å². The highest BCUT2D eigenvalue weighted by Crippen LogP contribution is 2.37. The highest BCUT2D eigenvalue weighted by atomic mass is 32.1. The van der Waals surface area contributed by atoms with E-state index < -0.39 is 0 Å². The van der Waals surface area contributed by atoms with Crippen molar-refractivity contribution in [2.45, 2.75) is 45.6 Å². The summed E-state index contributed by atoms with van der Waals surface area (Å²) in [5.41, 5.74) is 3.08. The van der Waals surface area contributed by atoms with Crippen molar-refractivity contribution in [2.75, 3.05) is 6.54 Å². The summed E-state index contributed by atoms with van der Waals surface area (Å²) in [6, 6.07) is 5.14. The second-order valence-electron chi connectivity index (χ2n) is 5.23. The lowest BCUT2D eigenvalue weighted by molar-refractivity contribution is 0.638. The van der Waals surface area contributed by atoms with Crippen molar-refractivity contribution in [1.29, 1.82) is 0 Å². The van der Waals surface area contributed by atoms with Gasteiger partial charge in [0.2, 0.25) is 0 Å². The number of nitrogens with one attached hydrogen (secondary N) is 1. The molecule has 0 bridgehead atoms. The van der Waals surface area contributed by atoms with Gasteiger partial charge in [-0.15, -0.1) is 22.7 Å². The molecule has 0 aromatic carbocycles. The molecular weight excluding hydrogens is 270 g/mol. The van der Waals surface area contributed by atoms with E-state index in [1.54, 1.807) is 10.4 Å². The molecule has 2 aromatic rings.